The Bertz CT molecular complexity index is 679. The minimum Gasteiger partial charge on any atom is -0.385 e. The van der Waals surface area contributed by atoms with Crippen molar-refractivity contribution in [3.63, 3.8) is 0 Å². The number of carbonyl (C=O) groups is 1. The van der Waals surface area contributed by atoms with E-state index < -0.39 is 0 Å². The average Bonchev–Trinajstić information content (AvgIpc) is 2.65. The van der Waals surface area contributed by atoms with Gasteiger partial charge in [0, 0.05) is 37.8 Å². The van der Waals surface area contributed by atoms with E-state index in [0.29, 0.717) is 18.8 Å². The fourth-order valence-corrected chi connectivity index (χ4v) is 2.69. The normalized spacial score (nSPS) is 10.5. The summed E-state index contributed by atoms with van der Waals surface area (Å²) in [4.78, 5) is 16.4. The zero-order chi connectivity index (χ0) is 18.1. The standard InChI is InChI=1S/C20H27N3O2/c1-4-15-8-6-9-16(5-2)19(15)23-17-10-12-21-18(14-17)20(24)22-11-7-13-25-3/h6,8-10,12,14H,4-5,7,11,13H2,1-3H3,(H,21,23)(H,22,24). The summed E-state index contributed by atoms with van der Waals surface area (Å²) in [7, 11) is 1.65. The van der Waals surface area contributed by atoms with Crippen molar-refractivity contribution in [3.05, 3.63) is 53.3 Å². The van der Waals surface area contributed by atoms with Gasteiger partial charge in [-0.05, 0) is 42.5 Å². The molecule has 0 bridgehead atoms. The fraction of sp³-hybridized carbons (Fsp3) is 0.400. The van der Waals surface area contributed by atoms with Crippen molar-refractivity contribution in [2.24, 2.45) is 0 Å². The molecule has 0 atom stereocenters. The van der Waals surface area contributed by atoms with Gasteiger partial charge in [0.15, 0.2) is 0 Å². The smallest absolute Gasteiger partial charge is 0.269 e. The van der Waals surface area contributed by atoms with Crippen LogP contribution in [0.25, 0.3) is 0 Å². The lowest BCUT2D eigenvalue weighted by Crippen LogP contribution is -2.26. The maximum atomic E-state index is 12.2. The second-order valence-corrected chi connectivity index (χ2v) is 5.82. The monoisotopic (exact) mass is 341 g/mol. The minimum absolute atomic E-state index is 0.167. The number of nitrogens with one attached hydrogen (secondary N) is 2. The van der Waals surface area contributed by atoms with E-state index in [2.05, 4.69) is 47.7 Å². The van der Waals surface area contributed by atoms with Gasteiger partial charge < -0.3 is 15.4 Å². The molecule has 2 aromatic rings. The zero-order valence-electron chi connectivity index (χ0n) is 15.3. The summed E-state index contributed by atoms with van der Waals surface area (Å²) in [5.74, 6) is -0.167. The topological polar surface area (TPSA) is 63.2 Å². The lowest BCUT2D eigenvalue weighted by atomic mass is 10.0. The van der Waals surface area contributed by atoms with Gasteiger partial charge in [-0.15, -0.1) is 0 Å². The number of nitrogens with zero attached hydrogens (tertiary/aromatic N) is 1. The molecular weight excluding hydrogens is 314 g/mol. The highest BCUT2D eigenvalue weighted by Crippen LogP contribution is 2.26. The number of rotatable bonds is 9. The third-order valence-corrected chi connectivity index (χ3v) is 4.07. The quantitative estimate of drug-likeness (QED) is 0.683. The average molecular weight is 341 g/mol. The third-order valence-electron chi connectivity index (χ3n) is 4.07. The number of pyridine rings is 1. The highest BCUT2D eigenvalue weighted by Gasteiger charge is 2.10. The van der Waals surface area contributed by atoms with Crippen LogP contribution in [-0.4, -0.2) is 31.2 Å². The van der Waals surface area contributed by atoms with Crippen LogP contribution in [0, 0.1) is 0 Å². The molecular formula is C20H27N3O2. The fourth-order valence-electron chi connectivity index (χ4n) is 2.69. The third kappa shape index (κ3) is 5.29. The van der Waals surface area contributed by atoms with E-state index in [0.717, 1.165) is 30.6 Å². The molecule has 0 fully saturated rings. The second kappa shape index (κ2) is 9.79. The number of anilines is 2. The lowest BCUT2D eigenvalue weighted by molar-refractivity contribution is 0.0943. The van der Waals surface area contributed by atoms with Gasteiger partial charge in [-0.1, -0.05) is 32.0 Å². The van der Waals surface area contributed by atoms with Crippen molar-refractivity contribution in [1.29, 1.82) is 0 Å². The first-order valence-electron chi connectivity index (χ1n) is 8.80. The number of hydrogen-bond acceptors (Lipinski definition) is 4. The molecule has 5 heteroatoms. The molecule has 0 saturated heterocycles. The van der Waals surface area contributed by atoms with E-state index in [-0.39, 0.29) is 5.91 Å². The summed E-state index contributed by atoms with van der Waals surface area (Å²) in [5.41, 5.74) is 4.94. The van der Waals surface area contributed by atoms with Crippen molar-refractivity contribution in [2.45, 2.75) is 33.1 Å². The Hall–Kier alpha value is -2.40. The van der Waals surface area contributed by atoms with Crippen LogP contribution >= 0.6 is 0 Å². The van der Waals surface area contributed by atoms with Crippen LogP contribution in [0.3, 0.4) is 0 Å². The molecule has 0 spiro atoms. The van der Waals surface area contributed by atoms with Gasteiger partial charge in [0.25, 0.3) is 5.91 Å². The molecule has 2 rings (SSSR count). The largest absolute Gasteiger partial charge is 0.385 e. The lowest BCUT2D eigenvalue weighted by Gasteiger charge is -2.16. The number of hydrogen-bond donors (Lipinski definition) is 2. The molecule has 0 aliphatic carbocycles. The predicted octanol–water partition coefficient (Wildman–Crippen LogP) is 3.72. The summed E-state index contributed by atoms with van der Waals surface area (Å²) in [5, 5.41) is 6.34. The number of aryl methyl sites for hydroxylation is 2. The van der Waals surface area contributed by atoms with E-state index in [1.165, 1.54) is 11.1 Å². The Balaban J connectivity index is 2.13. The van der Waals surface area contributed by atoms with Crippen molar-refractivity contribution < 1.29 is 9.53 Å². The molecule has 2 N–H and O–H groups in total. The predicted molar refractivity (Wildman–Crippen MR) is 102 cm³/mol. The van der Waals surface area contributed by atoms with Crippen LogP contribution in [0.5, 0.6) is 0 Å². The first-order chi connectivity index (χ1) is 12.2. The van der Waals surface area contributed by atoms with Crippen LogP contribution < -0.4 is 10.6 Å². The molecule has 1 amide bonds. The van der Waals surface area contributed by atoms with E-state index in [1.807, 2.05) is 6.07 Å². The highest BCUT2D eigenvalue weighted by atomic mass is 16.5. The second-order valence-electron chi connectivity index (χ2n) is 5.82. The SMILES string of the molecule is CCc1cccc(CC)c1Nc1ccnc(C(=O)NCCCOC)c1. The molecule has 25 heavy (non-hydrogen) atoms. The Morgan fingerprint density at radius 1 is 1.16 bits per heavy atom. The van der Waals surface area contributed by atoms with Gasteiger partial charge in [0.1, 0.15) is 5.69 Å². The van der Waals surface area contributed by atoms with Gasteiger partial charge >= 0.3 is 0 Å². The molecule has 1 aromatic carbocycles. The first kappa shape index (κ1) is 18.9. The van der Waals surface area contributed by atoms with Gasteiger partial charge in [0.05, 0.1) is 0 Å². The number of ether oxygens (including phenoxy) is 1. The summed E-state index contributed by atoms with van der Waals surface area (Å²) >= 11 is 0. The molecule has 5 nitrogen and oxygen atoms in total. The number of para-hydroxylation sites is 1. The molecule has 134 valence electrons. The van der Waals surface area contributed by atoms with Crippen LogP contribution in [0.1, 0.15) is 41.9 Å². The van der Waals surface area contributed by atoms with Crippen LogP contribution in [0.4, 0.5) is 11.4 Å². The van der Waals surface area contributed by atoms with Gasteiger partial charge in [0.2, 0.25) is 0 Å². The molecule has 0 unspecified atom stereocenters. The summed E-state index contributed by atoms with van der Waals surface area (Å²) in [6.45, 7) is 5.49. The molecule has 1 aromatic heterocycles. The van der Waals surface area contributed by atoms with E-state index >= 15 is 0 Å². The van der Waals surface area contributed by atoms with E-state index in [9.17, 15) is 4.79 Å². The minimum atomic E-state index is -0.167. The van der Waals surface area contributed by atoms with Gasteiger partial charge in [-0.2, -0.15) is 0 Å². The number of methoxy groups -OCH3 is 1. The van der Waals surface area contributed by atoms with Crippen LogP contribution in [0.2, 0.25) is 0 Å². The molecule has 1 heterocycles. The number of aromatic nitrogens is 1. The first-order valence-corrected chi connectivity index (χ1v) is 8.80. The maximum absolute atomic E-state index is 12.2. The highest BCUT2D eigenvalue weighted by molar-refractivity contribution is 5.93. The van der Waals surface area contributed by atoms with Crippen molar-refractivity contribution in [1.82, 2.24) is 10.3 Å². The molecule has 0 aliphatic heterocycles. The van der Waals surface area contributed by atoms with Crippen molar-refractivity contribution >= 4 is 17.3 Å². The van der Waals surface area contributed by atoms with Crippen molar-refractivity contribution in [2.75, 3.05) is 25.6 Å². The molecule has 0 aliphatic rings. The van der Waals surface area contributed by atoms with E-state index in [4.69, 9.17) is 4.74 Å². The molecule has 0 radical (unpaired) electrons. The Morgan fingerprint density at radius 3 is 2.52 bits per heavy atom. The van der Waals surface area contributed by atoms with Gasteiger partial charge in [-0.3, -0.25) is 9.78 Å². The Kier molecular flexibility index (Phi) is 7.41. The number of amides is 1. The summed E-state index contributed by atoms with van der Waals surface area (Å²) in [6, 6.07) is 10.0. The summed E-state index contributed by atoms with van der Waals surface area (Å²) < 4.78 is 4.98. The van der Waals surface area contributed by atoms with Crippen LogP contribution in [0.15, 0.2) is 36.5 Å². The van der Waals surface area contributed by atoms with E-state index in [1.54, 1.807) is 19.4 Å². The van der Waals surface area contributed by atoms with Gasteiger partial charge in [-0.25, -0.2) is 0 Å². The van der Waals surface area contributed by atoms with Crippen molar-refractivity contribution in [3.8, 4) is 0 Å². The summed E-state index contributed by atoms with van der Waals surface area (Å²) in [6.07, 6.45) is 4.35. The molecule has 0 saturated carbocycles. The maximum Gasteiger partial charge on any atom is 0.269 e. The Morgan fingerprint density at radius 2 is 1.88 bits per heavy atom. The Labute approximate surface area is 149 Å². The zero-order valence-corrected chi connectivity index (χ0v) is 15.3. The number of benzene rings is 1. The van der Waals surface area contributed by atoms with Crippen LogP contribution in [-0.2, 0) is 17.6 Å². The number of carbonyl (C=O) groups excluding carboxylic acids is 1.